The van der Waals surface area contributed by atoms with E-state index in [1.807, 2.05) is 0 Å². The van der Waals surface area contributed by atoms with Crippen molar-refractivity contribution >= 4 is 23.2 Å². The number of hydrogen-bond donors (Lipinski definition) is 1. The molecule has 1 aromatic carbocycles. The largest absolute Gasteiger partial charge is 0.495 e. The predicted molar refractivity (Wildman–Crippen MR) is 77.3 cm³/mol. The Bertz CT molecular complexity index is 730. The molecule has 0 spiro atoms. The van der Waals surface area contributed by atoms with Gasteiger partial charge in [0.2, 0.25) is 5.91 Å². The van der Waals surface area contributed by atoms with Gasteiger partial charge in [-0.25, -0.2) is 4.39 Å². The molecule has 0 atom stereocenters. The maximum Gasteiger partial charge on any atom is 0.251 e. The van der Waals surface area contributed by atoms with Crippen LogP contribution in [0.4, 0.5) is 10.1 Å². The van der Waals surface area contributed by atoms with Crippen molar-refractivity contribution in [2.24, 2.45) is 0 Å². The van der Waals surface area contributed by atoms with E-state index in [1.54, 1.807) is 12.1 Å². The van der Waals surface area contributed by atoms with Crippen molar-refractivity contribution in [2.75, 3.05) is 12.4 Å². The summed E-state index contributed by atoms with van der Waals surface area (Å²) in [4.78, 5) is 23.3. The summed E-state index contributed by atoms with van der Waals surface area (Å²) in [5.41, 5.74) is -0.00503. The molecule has 2 rings (SSSR count). The number of rotatable bonds is 4. The van der Waals surface area contributed by atoms with E-state index < -0.39 is 17.3 Å². The van der Waals surface area contributed by atoms with Crippen molar-refractivity contribution in [3.63, 3.8) is 0 Å². The molecule has 1 heterocycles. The fraction of sp³-hybridized carbons (Fsp3) is 0.143. The van der Waals surface area contributed by atoms with E-state index in [9.17, 15) is 14.0 Å². The molecule has 2 aromatic rings. The van der Waals surface area contributed by atoms with Crippen LogP contribution < -0.4 is 15.6 Å². The van der Waals surface area contributed by atoms with Crippen LogP contribution in [-0.2, 0) is 11.3 Å². The number of anilines is 1. The molecule has 0 aliphatic heterocycles. The molecule has 21 heavy (non-hydrogen) atoms. The number of carbonyl (C=O) groups excluding carboxylic acids is 1. The SMILES string of the molecule is COc1ccc(NC(=O)Cn2cc(F)ccc2=O)cc1Cl. The average Bonchev–Trinajstić information content (AvgIpc) is 2.43. The molecule has 7 heteroatoms. The van der Waals surface area contributed by atoms with Gasteiger partial charge in [-0.3, -0.25) is 9.59 Å². The molecule has 0 saturated carbocycles. The Morgan fingerprint density at radius 3 is 2.81 bits per heavy atom. The fourth-order valence-corrected chi connectivity index (χ4v) is 1.98. The van der Waals surface area contributed by atoms with Gasteiger partial charge in [-0.1, -0.05) is 11.6 Å². The van der Waals surface area contributed by atoms with Gasteiger partial charge in [-0.15, -0.1) is 0 Å². The summed E-state index contributed by atoms with van der Waals surface area (Å²) in [7, 11) is 1.48. The third kappa shape index (κ3) is 3.82. The lowest BCUT2D eigenvalue weighted by Crippen LogP contribution is -2.27. The number of aromatic nitrogens is 1. The van der Waals surface area contributed by atoms with Crippen LogP contribution in [0.1, 0.15) is 0 Å². The molecule has 0 aliphatic carbocycles. The Kier molecular flexibility index (Phi) is 4.59. The minimum atomic E-state index is -0.588. The Balaban J connectivity index is 2.10. The van der Waals surface area contributed by atoms with Crippen LogP contribution in [0.15, 0.2) is 41.3 Å². The molecule has 5 nitrogen and oxygen atoms in total. The summed E-state index contributed by atoms with van der Waals surface area (Å²) in [6.45, 7) is -0.291. The summed E-state index contributed by atoms with van der Waals surface area (Å²) in [6, 6.07) is 6.84. The molecule has 0 aliphatic rings. The third-order valence-corrected chi connectivity index (χ3v) is 2.99. The number of methoxy groups -OCH3 is 1. The van der Waals surface area contributed by atoms with Crippen molar-refractivity contribution in [3.05, 3.63) is 57.7 Å². The second-order valence-corrected chi connectivity index (χ2v) is 4.62. The number of amides is 1. The van der Waals surface area contributed by atoms with E-state index in [0.29, 0.717) is 16.5 Å². The Morgan fingerprint density at radius 2 is 2.14 bits per heavy atom. The van der Waals surface area contributed by atoms with E-state index in [1.165, 1.54) is 13.2 Å². The highest BCUT2D eigenvalue weighted by Crippen LogP contribution is 2.27. The van der Waals surface area contributed by atoms with Crippen molar-refractivity contribution in [2.45, 2.75) is 6.54 Å². The van der Waals surface area contributed by atoms with Gasteiger partial charge in [0.05, 0.1) is 12.1 Å². The summed E-state index contributed by atoms with van der Waals surface area (Å²) < 4.78 is 19.0. The highest BCUT2D eigenvalue weighted by molar-refractivity contribution is 6.32. The smallest absolute Gasteiger partial charge is 0.251 e. The molecule has 1 N–H and O–H groups in total. The normalized spacial score (nSPS) is 10.2. The zero-order valence-corrected chi connectivity index (χ0v) is 11.9. The number of halogens is 2. The first-order valence-corrected chi connectivity index (χ1v) is 6.37. The lowest BCUT2D eigenvalue weighted by molar-refractivity contribution is -0.116. The Labute approximate surface area is 124 Å². The maximum atomic E-state index is 13.0. The van der Waals surface area contributed by atoms with Gasteiger partial charge < -0.3 is 14.6 Å². The standard InChI is InChI=1S/C14H12ClFN2O3/c1-21-12-4-3-10(6-11(12)15)17-13(19)8-18-7-9(16)2-5-14(18)20/h2-7H,8H2,1H3,(H,17,19). The van der Waals surface area contributed by atoms with Crippen LogP contribution in [-0.4, -0.2) is 17.6 Å². The van der Waals surface area contributed by atoms with Gasteiger partial charge in [0, 0.05) is 18.0 Å². The van der Waals surface area contributed by atoms with Crippen LogP contribution >= 0.6 is 11.6 Å². The number of nitrogens with one attached hydrogen (secondary N) is 1. The maximum absolute atomic E-state index is 13.0. The molecule has 110 valence electrons. The summed E-state index contributed by atoms with van der Waals surface area (Å²) >= 11 is 5.94. The monoisotopic (exact) mass is 310 g/mol. The molecule has 0 saturated heterocycles. The van der Waals surface area contributed by atoms with Gasteiger partial charge in [0.1, 0.15) is 18.1 Å². The van der Waals surface area contributed by atoms with Gasteiger partial charge in [-0.05, 0) is 24.3 Å². The minimum Gasteiger partial charge on any atom is -0.495 e. The summed E-state index contributed by atoms with van der Waals surface area (Å²) in [5.74, 6) is -0.574. The number of carbonyl (C=O) groups is 1. The zero-order chi connectivity index (χ0) is 15.4. The highest BCUT2D eigenvalue weighted by Gasteiger charge is 2.08. The molecule has 0 unspecified atom stereocenters. The zero-order valence-electron chi connectivity index (χ0n) is 11.1. The molecular weight excluding hydrogens is 299 g/mol. The molecule has 0 bridgehead atoms. The van der Waals surface area contributed by atoms with E-state index in [4.69, 9.17) is 16.3 Å². The van der Waals surface area contributed by atoms with Crippen LogP contribution in [0.5, 0.6) is 5.75 Å². The first-order chi connectivity index (χ1) is 9.99. The second kappa shape index (κ2) is 6.41. The van der Waals surface area contributed by atoms with Crippen LogP contribution in [0.3, 0.4) is 0 Å². The van der Waals surface area contributed by atoms with E-state index in [-0.39, 0.29) is 6.54 Å². The second-order valence-electron chi connectivity index (χ2n) is 4.21. The van der Waals surface area contributed by atoms with Gasteiger partial charge in [-0.2, -0.15) is 0 Å². The number of nitrogens with zero attached hydrogens (tertiary/aromatic N) is 1. The van der Waals surface area contributed by atoms with Crippen LogP contribution in [0.2, 0.25) is 5.02 Å². The fourth-order valence-electron chi connectivity index (χ4n) is 1.73. The molecule has 0 fully saturated rings. The number of hydrogen-bond acceptors (Lipinski definition) is 3. The highest BCUT2D eigenvalue weighted by atomic mass is 35.5. The number of ether oxygens (including phenoxy) is 1. The lowest BCUT2D eigenvalue weighted by Gasteiger charge is -2.09. The Morgan fingerprint density at radius 1 is 1.38 bits per heavy atom. The van der Waals surface area contributed by atoms with E-state index >= 15 is 0 Å². The first-order valence-electron chi connectivity index (χ1n) is 5.99. The predicted octanol–water partition coefficient (Wildman–Crippen LogP) is 2.29. The van der Waals surface area contributed by atoms with Gasteiger partial charge >= 0.3 is 0 Å². The lowest BCUT2D eigenvalue weighted by atomic mass is 10.3. The average molecular weight is 311 g/mol. The summed E-state index contributed by atoms with van der Waals surface area (Å²) in [6.07, 6.45) is 0.975. The number of benzene rings is 1. The van der Waals surface area contributed by atoms with Crippen molar-refractivity contribution in [1.29, 1.82) is 0 Å². The van der Waals surface area contributed by atoms with Crippen molar-refractivity contribution in [1.82, 2.24) is 4.57 Å². The van der Waals surface area contributed by atoms with Crippen molar-refractivity contribution in [3.8, 4) is 5.75 Å². The topological polar surface area (TPSA) is 60.3 Å². The summed E-state index contributed by atoms with van der Waals surface area (Å²) in [5, 5.41) is 2.91. The third-order valence-electron chi connectivity index (χ3n) is 2.70. The van der Waals surface area contributed by atoms with Gasteiger partial charge in [0.15, 0.2) is 0 Å². The van der Waals surface area contributed by atoms with E-state index in [0.717, 1.165) is 22.9 Å². The van der Waals surface area contributed by atoms with Gasteiger partial charge in [0.25, 0.3) is 5.56 Å². The van der Waals surface area contributed by atoms with Crippen LogP contribution in [0, 0.1) is 5.82 Å². The minimum absolute atomic E-state index is 0.291. The Hall–Kier alpha value is -2.34. The van der Waals surface area contributed by atoms with Crippen molar-refractivity contribution < 1.29 is 13.9 Å². The molecule has 1 amide bonds. The number of pyridine rings is 1. The first kappa shape index (κ1) is 15.1. The quantitative estimate of drug-likeness (QED) is 0.942. The molecule has 0 radical (unpaired) electrons. The molecular formula is C14H12ClFN2O3. The molecule has 1 aromatic heterocycles. The van der Waals surface area contributed by atoms with E-state index in [2.05, 4.69) is 5.32 Å². The van der Waals surface area contributed by atoms with Crippen LogP contribution in [0.25, 0.3) is 0 Å².